The molecule has 3 aromatic rings. The van der Waals surface area contributed by atoms with Crippen LogP contribution in [0, 0.1) is 34.6 Å². The number of carbonyl (C=O) groups is 2. The third kappa shape index (κ3) is 3.33. The average molecular weight is 389 g/mol. The molecule has 2 aromatic heterocycles. The van der Waals surface area contributed by atoms with Gasteiger partial charge in [-0.1, -0.05) is 23.8 Å². The molecule has 0 fully saturated rings. The molecule has 0 bridgehead atoms. The molecule has 7 nitrogen and oxygen atoms in total. The van der Waals surface area contributed by atoms with Gasteiger partial charge in [0.25, 0.3) is 5.95 Å². The molecule has 0 aliphatic carbocycles. The first kappa shape index (κ1) is 19.0. The highest BCUT2D eigenvalue weighted by atomic mass is 16.2. The molecule has 1 aromatic carbocycles. The van der Waals surface area contributed by atoms with Crippen molar-refractivity contribution in [3.8, 4) is 5.95 Å². The number of aromatic nitrogens is 4. The highest BCUT2D eigenvalue weighted by Gasteiger charge is 2.37. The predicted molar refractivity (Wildman–Crippen MR) is 110 cm³/mol. The Morgan fingerprint density at radius 3 is 2.41 bits per heavy atom. The lowest BCUT2D eigenvalue weighted by atomic mass is 9.84. The van der Waals surface area contributed by atoms with Crippen LogP contribution in [-0.2, 0) is 4.79 Å². The van der Waals surface area contributed by atoms with Crippen molar-refractivity contribution in [2.75, 3.05) is 5.32 Å². The molecule has 1 N–H and O–H groups in total. The van der Waals surface area contributed by atoms with E-state index >= 15 is 0 Å². The number of nitrogens with zero attached hydrogens (tertiary/aromatic N) is 4. The van der Waals surface area contributed by atoms with Crippen LogP contribution in [0.5, 0.6) is 0 Å². The van der Waals surface area contributed by atoms with Crippen molar-refractivity contribution in [1.29, 1.82) is 0 Å². The Hall–Kier alpha value is -3.35. The number of fused-ring (bicyclic) bond motifs is 1. The number of Topliss-reactive ketones (excluding diaryl/α,β-unsaturated/α-hetero) is 1. The fraction of sp³-hybridized carbons (Fsp3) is 0.318. The number of carbonyl (C=O) groups excluding carboxylic acids is 2. The molecular weight excluding hydrogens is 366 g/mol. The maximum Gasteiger partial charge on any atom is 0.252 e. The summed E-state index contributed by atoms with van der Waals surface area (Å²) in [4.78, 5) is 34.8. The third-order valence-corrected chi connectivity index (χ3v) is 5.23. The van der Waals surface area contributed by atoms with Crippen LogP contribution in [0.2, 0.25) is 0 Å². The van der Waals surface area contributed by atoms with Gasteiger partial charge in [-0.25, -0.2) is 9.97 Å². The van der Waals surface area contributed by atoms with E-state index in [0.717, 1.165) is 28.1 Å². The van der Waals surface area contributed by atoms with Crippen LogP contribution < -0.4 is 5.32 Å². The predicted octanol–water partition coefficient (Wildman–Crippen LogP) is 3.51. The Morgan fingerprint density at radius 1 is 1.07 bits per heavy atom. The quantitative estimate of drug-likeness (QED) is 0.692. The number of ketones is 1. The summed E-state index contributed by atoms with van der Waals surface area (Å²) in [6.45, 7) is 9.52. The topological polar surface area (TPSA) is 89.8 Å². The number of benzene rings is 1. The molecule has 1 aliphatic heterocycles. The molecule has 1 aliphatic rings. The first-order valence-electron chi connectivity index (χ1n) is 9.58. The van der Waals surface area contributed by atoms with E-state index in [0.29, 0.717) is 23.0 Å². The molecule has 1 unspecified atom stereocenters. The van der Waals surface area contributed by atoms with Gasteiger partial charge in [0.1, 0.15) is 5.82 Å². The zero-order valence-corrected chi connectivity index (χ0v) is 17.2. The highest BCUT2D eigenvalue weighted by Crippen LogP contribution is 2.38. The molecule has 1 amide bonds. The summed E-state index contributed by atoms with van der Waals surface area (Å²) >= 11 is 0. The van der Waals surface area contributed by atoms with Gasteiger partial charge in [-0.2, -0.15) is 9.78 Å². The fourth-order valence-electron chi connectivity index (χ4n) is 4.00. The number of anilines is 1. The van der Waals surface area contributed by atoms with Crippen molar-refractivity contribution in [1.82, 2.24) is 19.7 Å². The third-order valence-electron chi connectivity index (χ3n) is 5.23. The minimum absolute atomic E-state index is 0.0670. The van der Waals surface area contributed by atoms with Gasteiger partial charge in [0.2, 0.25) is 5.91 Å². The van der Waals surface area contributed by atoms with E-state index in [1.54, 1.807) is 0 Å². The summed E-state index contributed by atoms with van der Waals surface area (Å²) < 4.78 is 1.53. The number of aryl methyl sites for hydroxylation is 5. The normalized spacial score (nSPS) is 15.8. The summed E-state index contributed by atoms with van der Waals surface area (Å²) in [6.07, 6.45) is 0.0966. The zero-order valence-electron chi connectivity index (χ0n) is 17.2. The van der Waals surface area contributed by atoms with Gasteiger partial charge in [-0.05, 0) is 46.2 Å². The van der Waals surface area contributed by atoms with Crippen molar-refractivity contribution < 1.29 is 9.59 Å². The number of hydrogen-bond donors (Lipinski definition) is 1. The van der Waals surface area contributed by atoms with E-state index in [1.807, 2.05) is 58.9 Å². The van der Waals surface area contributed by atoms with Crippen LogP contribution in [0.4, 0.5) is 5.82 Å². The maximum absolute atomic E-state index is 13.4. The fourth-order valence-corrected chi connectivity index (χ4v) is 4.00. The van der Waals surface area contributed by atoms with Crippen molar-refractivity contribution in [3.63, 3.8) is 0 Å². The van der Waals surface area contributed by atoms with Gasteiger partial charge in [0, 0.05) is 28.9 Å². The standard InChI is InChI=1S/C22H23N5O2/c1-11-6-7-16(12(2)8-11)20(29)17-10-18(28)25-21-19(17)15(5)26-27(21)22-23-13(3)9-14(4)24-22/h6-9,17H,10H2,1-5H3,(H,25,28). The van der Waals surface area contributed by atoms with Gasteiger partial charge in [-0.15, -0.1) is 0 Å². The van der Waals surface area contributed by atoms with Crippen LogP contribution in [-0.4, -0.2) is 31.4 Å². The van der Waals surface area contributed by atoms with Gasteiger partial charge in [-0.3, -0.25) is 9.59 Å². The Morgan fingerprint density at radius 2 is 1.76 bits per heavy atom. The molecule has 148 valence electrons. The van der Waals surface area contributed by atoms with Crippen LogP contribution in [0.25, 0.3) is 5.95 Å². The largest absolute Gasteiger partial charge is 0.310 e. The summed E-state index contributed by atoms with van der Waals surface area (Å²) in [5.74, 6) is -0.00725. The zero-order chi connectivity index (χ0) is 20.9. The molecule has 0 radical (unpaired) electrons. The van der Waals surface area contributed by atoms with E-state index in [2.05, 4.69) is 20.4 Å². The number of nitrogens with one attached hydrogen (secondary N) is 1. The molecule has 7 heteroatoms. The first-order valence-corrected chi connectivity index (χ1v) is 9.58. The van der Waals surface area contributed by atoms with Crippen LogP contribution in [0.1, 0.15) is 56.5 Å². The van der Waals surface area contributed by atoms with E-state index in [1.165, 1.54) is 4.68 Å². The lowest BCUT2D eigenvalue weighted by Crippen LogP contribution is -2.29. The highest BCUT2D eigenvalue weighted by molar-refractivity contribution is 6.08. The van der Waals surface area contributed by atoms with Gasteiger partial charge in [0.15, 0.2) is 5.78 Å². The monoisotopic (exact) mass is 389 g/mol. The molecular formula is C22H23N5O2. The van der Waals surface area contributed by atoms with Crippen molar-refractivity contribution in [2.45, 2.75) is 47.0 Å². The Bertz CT molecular complexity index is 1140. The van der Waals surface area contributed by atoms with Crippen LogP contribution in [0.15, 0.2) is 24.3 Å². The number of hydrogen-bond acceptors (Lipinski definition) is 5. The van der Waals surface area contributed by atoms with E-state index in [9.17, 15) is 9.59 Å². The van der Waals surface area contributed by atoms with E-state index < -0.39 is 5.92 Å². The molecule has 0 saturated carbocycles. The summed E-state index contributed by atoms with van der Waals surface area (Å²) in [5, 5.41) is 7.44. The smallest absolute Gasteiger partial charge is 0.252 e. The molecule has 3 heterocycles. The maximum atomic E-state index is 13.4. The Kier molecular flexibility index (Phi) is 4.53. The van der Waals surface area contributed by atoms with E-state index in [-0.39, 0.29) is 18.1 Å². The summed E-state index contributed by atoms with van der Waals surface area (Å²) in [5.41, 5.74) is 5.67. The lowest BCUT2D eigenvalue weighted by molar-refractivity contribution is -0.116. The molecule has 1 atom stereocenters. The summed E-state index contributed by atoms with van der Waals surface area (Å²) in [6, 6.07) is 7.61. The molecule has 0 saturated heterocycles. The van der Waals surface area contributed by atoms with Crippen molar-refractivity contribution in [3.05, 3.63) is 63.6 Å². The van der Waals surface area contributed by atoms with Crippen LogP contribution in [0.3, 0.4) is 0 Å². The summed E-state index contributed by atoms with van der Waals surface area (Å²) in [7, 11) is 0. The average Bonchev–Trinajstić information content (AvgIpc) is 2.96. The van der Waals surface area contributed by atoms with Gasteiger partial charge >= 0.3 is 0 Å². The Balaban J connectivity index is 1.85. The molecule has 4 rings (SSSR count). The second-order valence-corrected chi connectivity index (χ2v) is 7.70. The van der Waals surface area contributed by atoms with Gasteiger partial charge in [0.05, 0.1) is 11.6 Å². The molecule has 29 heavy (non-hydrogen) atoms. The van der Waals surface area contributed by atoms with Crippen LogP contribution >= 0.6 is 0 Å². The minimum atomic E-state index is -0.584. The van der Waals surface area contributed by atoms with E-state index in [4.69, 9.17) is 0 Å². The SMILES string of the molecule is Cc1ccc(C(=O)C2CC(=O)Nc3c2c(C)nn3-c2nc(C)cc(C)n2)c(C)c1. The number of rotatable bonds is 3. The number of amides is 1. The Labute approximate surface area is 169 Å². The lowest BCUT2D eigenvalue weighted by Gasteiger charge is -2.23. The first-order chi connectivity index (χ1) is 13.7. The minimum Gasteiger partial charge on any atom is -0.310 e. The van der Waals surface area contributed by atoms with Crippen molar-refractivity contribution in [2.24, 2.45) is 0 Å². The van der Waals surface area contributed by atoms with Crippen molar-refractivity contribution >= 4 is 17.5 Å². The second-order valence-electron chi connectivity index (χ2n) is 7.70. The second kappa shape index (κ2) is 6.92. The molecule has 0 spiro atoms. The van der Waals surface area contributed by atoms with Gasteiger partial charge < -0.3 is 5.32 Å².